The van der Waals surface area contributed by atoms with Crippen LogP contribution in [0.5, 0.6) is 0 Å². The SMILES string of the molecule is Cc1cc(C)n(/N=C(/C=C/c2ccccc2)c2ccccc2)c(=O)c1C#N. The van der Waals surface area contributed by atoms with Gasteiger partial charge in [0.15, 0.2) is 0 Å². The number of hydrogen-bond donors (Lipinski definition) is 0. The molecule has 0 spiro atoms. The molecule has 0 N–H and O–H groups in total. The Kier molecular flexibility index (Phi) is 5.44. The first kappa shape index (κ1) is 18.1. The molecule has 0 aliphatic carbocycles. The Labute approximate surface area is 158 Å². The van der Waals surface area contributed by atoms with Crippen LogP contribution in [0.4, 0.5) is 0 Å². The lowest BCUT2D eigenvalue weighted by Gasteiger charge is -2.09. The van der Waals surface area contributed by atoms with Crippen LogP contribution in [0.15, 0.2) is 82.7 Å². The topological polar surface area (TPSA) is 58.1 Å². The molecular weight excluding hydrogens is 334 g/mol. The molecule has 1 aromatic heterocycles. The van der Waals surface area contributed by atoms with Gasteiger partial charge in [-0.15, -0.1) is 0 Å². The number of nitrogens with zero attached hydrogens (tertiary/aromatic N) is 3. The molecule has 27 heavy (non-hydrogen) atoms. The van der Waals surface area contributed by atoms with Crippen LogP contribution >= 0.6 is 0 Å². The third-order valence-electron chi connectivity index (χ3n) is 4.18. The predicted octanol–water partition coefficient (Wildman–Crippen LogP) is 4.30. The minimum atomic E-state index is -0.406. The van der Waals surface area contributed by atoms with E-state index < -0.39 is 5.56 Å². The second kappa shape index (κ2) is 8.11. The van der Waals surface area contributed by atoms with E-state index >= 15 is 0 Å². The fraction of sp³-hybridized carbons (Fsp3) is 0.0870. The van der Waals surface area contributed by atoms with Crippen molar-refractivity contribution in [1.29, 1.82) is 5.26 Å². The van der Waals surface area contributed by atoms with Crippen LogP contribution < -0.4 is 5.56 Å². The van der Waals surface area contributed by atoms with Gasteiger partial charge in [-0.2, -0.15) is 15.0 Å². The number of allylic oxidation sites excluding steroid dienone is 1. The molecule has 0 amide bonds. The maximum Gasteiger partial charge on any atom is 0.289 e. The monoisotopic (exact) mass is 353 g/mol. The van der Waals surface area contributed by atoms with Gasteiger partial charge in [-0.25, -0.2) is 0 Å². The summed E-state index contributed by atoms with van der Waals surface area (Å²) in [7, 11) is 0. The van der Waals surface area contributed by atoms with Gasteiger partial charge in [-0.05, 0) is 37.1 Å². The van der Waals surface area contributed by atoms with Gasteiger partial charge in [0.25, 0.3) is 5.56 Å². The Morgan fingerprint density at radius 3 is 2.30 bits per heavy atom. The van der Waals surface area contributed by atoms with E-state index in [-0.39, 0.29) is 5.56 Å². The molecule has 2 aromatic carbocycles. The van der Waals surface area contributed by atoms with Crippen molar-refractivity contribution in [2.75, 3.05) is 0 Å². The van der Waals surface area contributed by atoms with Crippen LogP contribution in [0, 0.1) is 25.2 Å². The minimum Gasteiger partial charge on any atom is -0.266 e. The fourth-order valence-electron chi connectivity index (χ4n) is 2.78. The van der Waals surface area contributed by atoms with Crippen molar-refractivity contribution < 1.29 is 0 Å². The summed E-state index contributed by atoms with van der Waals surface area (Å²) in [4.78, 5) is 12.7. The van der Waals surface area contributed by atoms with E-state index in [9.17, 15) is 10.1 Å². The second-order valence-electron chi connectivity index (χ2n) is 6.17. The van der Waals surface area contributed by atoms with Gasteiger partial charge in [0.1, 0.15) is 11.6 Å². The minimum absolute atomic E-state index is 0.115. The number of hydrogen-bond acceptors (Lipinski definition) is 3. The fourth-order valence-corrected chi connectivity index (χ4v) is 2.78. The van der Waals surface area contributed by atoms with E-state index in [4.69, 9.17) is 0 Å². The Hall–Kier alpha value is -3.71. The van der Waals surface area contributed by atoms with E-state index in [1.54, 1.807) is 13.0 Å². The van der Waals surface area contributed by atoms with Crippen LogP contribution in [0.1, 0.15) is 27.9 Å². The van der Waals surface area contributed by atoms with E-state index in [0.717, 1.165) is 11.1 Å². The standard InChI is InChI=1S/C23H19N3O/c1-17-15-18(2)26(23(27)21(17)16-24)25-22(20-11-7-4-8-12-20)14-13-19-9-5-3-6-10-19/h3-15H,1-2H3/b14-13+,25-22-. The molecule has 3 rings (SSSR count). The lowest BCUT2D eigenvalue weighted by Crippen LogP contribution is -2.23. The summed E-state index contributed by atoms with van der Waals surface area (Å²) in [6.45, 7) is 3.57. The van der Waals surface area contributed by atoms with Gasteiger partial charge in [0, 0.05) is 11.3 Å². The molecule has 0 radical (unpaired) electrons. The maximum atomic E-state index is 12.7. The number of aryl methyl sites for hydroxylation is 2. The van der Waals surface area contributed by atoms with E-state index in [2.05, 4.69) is 5.10 Å². The molecular formula is C23H19N3O. The van der Waals surface area contributed by atoms with Crippen molar-refractivity contribution in [1.82, 2.24) is 4.68 Å². The number of pyridine rings is 1. The Bertz CT molecular complexity index is 1100. The van der Waals surface area contributed by atoms with Crippen LogP contribution in [0.3, 0.4) is 0 Å². The van der Waals surface area contributed by atoms with Crippen molar-refractivity contribution >= 4 is 11.8 Å². The lowest BCUT2D eigenvalue weighted by molar-refractivity contribution is 0.783. The Balaban J connectivity index is 2.16. The van der Waals surface area contributed by atoms with Crippen LogP contribution in [0.25, 0.3) is 6.08 Å². The van der Waals surface area contributed by atoms with Crippen LogP contribution in [-0.2, 0) is 0 Å². The van der Waals surface area contributed by atoms with Gasteiger partial charge >= 0.3 is 0 Å². The predicted molar refractivity (Wildman–Crippen MR) is 109 cm³/mol. The largest absolute Gasteiger partial charge is 0.289 e. The van der Waals surface area contributed by atoms with Gasteiger partial charge < -0.3 is 0 Å². The van der Waals surface area contributed by atoms with Crippen molar-refractivity contribution in [2.45, 2.75) is 13.8 Å². The Morgan fingerprint density at radius 1 is 1.04 bits per heavy atom. The van der Waals surface area contributed by atoms with Gasteiger partial charge in [0.2, 0.25) is 0 Å². The molecule has 0 saturated carbocycles. The highest BCUT2D eigenvalue weighted by atomic mass is 16.1. The normalized spacial score (nSPS) is 11.5. The molecule has 4 heteroatoms. The molecule has 0 saturated heterocycles. The van der Waals surface area contributed by atoms with Crippen molar-refractivity contribution in [3.63, 3.8) is 0 Å². The van der Waals surface area contributed by atoms with E-state index in [1.807, 2.05) is 85.8 Å². The van der Waals surface area contributed by atoms with Crippen LogP contribution in [0.2, 0.25) is 0 Å². The van der Waals surface area contributed by atoms with Crippen LogP contribution in [-0.4, -0.2) is 10.4 Å². The third-order valence-corrected chi connectivity index (χ3v) is 4.18. The maximum absolute atomic E-state index is 12.7. The Morgan fingerprint density at radius 2 is 1.67 bits per heavy atom. The molecule has 132 valence electrons. The third kappa shape index (κ3) is 4.10. The highest BCUT2D eigenvalue weighted by Crippen LogP contribution is 2.10. The molecule has 4 nitrogen and oxygen atoms in total. The van der Waals surface area contributed by atoms with Crippen molar-refractivity contribution in [3.8, 4) is 6.07 Å². The molecule has 0 aliphatic rings. The summed E-state index contributed by atoms with van der Waals surface area (Å²) in [5, 5.41) is 13.9. The zero-order valence-electron chi connectivity index (χ0n) is 15.3. The number of rotatable bonds is 4. The highest BCUT2D eigenvalue weighted by Gasteiger charge is 2.10. The molecule has 0 fully saturated rings. The second-order valence-corrected chi connectivity index (χ2v) is 6.17. The number of nitriles is 1. The molecule has 1 heterocycles. The zero-order chi connectivity index (χ0) is 19.2. The van der Waals surface area contributed by atoms with E-state index in [1.165, 1.54) is 4.68 Å². The zero-order valence-corrected chi connectivity index (χ0v) is 15.3. The summed E-state index contributed by atoms with van der Waals surface area (Å²) in [5.41, 5.74) is 3.60. The first-order chi connectivity index (χ1) is 13.1. The molecule has 3 aromatic rings. The van der Waals surface area contributed by atoms with E-state index in [0.29, 0.717) is 17.0 Å². The highest BCUT2D eigenvalue weighted by molar-refractivity contribution is 6.10. The summed E-state index contributed by atoms with van der Waals surface area (Å²) in [6.07, 6.45) is 3.83. The average molecular weight is 353 g/mol. The van der Waals surface area contributed by atoms with Crippen molar-refractivity contribution in [3.05, 3.63) is 111 Å². The quantitative estimate of drug-likeness (QED) is 0.657. The summed E-state index contributed by atoms with van der Waals surface area (Å²) >= 11 is 0. The van der Waals surface area contributed by atoms with Gasteiger partial charge in [-0.3, -0.25) is 4.79 Å². The summed E-state index contributed by atoms with van der Waals surface area (Å²) < 4.78 is 1.29. The van der Waals surface area contributed by atoms with Gasteiger partial charge in [-0.1, -0.05) is 66.7 Å². The first-order valence-electron chi connectivity index (χ1n) is 8.61. The summed E-state index contributed by atoms with van der Waals surface area (Å²) in [5.74, 6) is 0. The molecule has 0 unspecified atom stereocenters. The average Bonchev–Trinajstić information content (AvgIpc) is 2.69. The smallest absolute Gasteiger partial charge is 0.266 e. The molecule has 0 atom stereocenters. The lowest BCUT2D eigenvalue weighted by atomic mass is 10.1. The van der Waals surface area contributed by atoms with Gasteiger partial charge in [0.05, 0.1) is 5.71 Å². The van der Waals surface area contributed by atoms with Crippen molar-refractivity contribution in [2.24, 2.45) is 5.10 Å². The molecule has 0 bridgehead atoms. The first-order valence-corrected chi connectivity index (χ1v) is 8.61. The number of benzene rings is 2. The number of aromatic nitrogens is 1. The molecule has 0 aliphatic heterocycles. The summed E-state index contributed by atoms with van der Waals surface area (Å²) in [6, 6.07) is 23.3.